The molecule has 1 atom stereocenters. The molecule has 0 heterocycles. The average molecular weight is 228 g/mol. The molecule has 0 aliphatic rings. The largest absolute Gasteiger partial charge is 0.452 e. The molecule has 0 N–H and O–H groups in total. The molecule has 0 radical (unpaired) electrons. The zero-order valence-electron chi connectivity index (χ0n) is 10.8. The SMILES string of the molecule is CCCCCCC(C=O)(CCC)OC(C)=O. The normalized spacial score (nSPS) is 14.2. The van der Waals surface area contributed by atoms with Crippen molar-refractivity contribution < 1.29 is 14.3 Å². The van der Waals surface area contributed by atoms with Crippen LogP contribution in [-0.4, -0.2) is 17.9 Å². The molecular weight excluding hydrogens is 204 g/mol. The Kier molecular flexibility index (Phi) is 7.86. The van der Waals surface area contributed by atoms with Crippen molar-refractivity contribution in [2.75, 3.05) is 0 Å². The molecule has 0 rings (SSSR count). The lowest BCUT2D eigenvalue weighted by atomic mass is 9.92. The van der Waals surface area contributed by atoms with Crippen LogP contribution in [0.4, 0.5) is 0 Å². The lowest BCUT2D eigenvalue weighted by Gasteiger charge is -2.27. The van der Waals surface area contributed by atoms with Crippen LogP contribution >= 0.6 is 0 Å². The number of hydrogen-bond donors (Lipinski definition) is 0. The molecule has 0 amide bonds. The van der Waals surface area contributed by atoms with E-state index in [1.54, 1.807) is 0 Å². The van der Waals surface area contributed by atoms with Crippen LogP contribution in [0, 0.1) is 0 Å². The van der Waals surface area contributed by atoms with Crippen molar-refractivity contribution in [1.82, 2.24) is 0 Å². The Morgan fingerprint density at radius 1 is 1.12 bits per heavy atom. The summed E-state index contributed by atoms with van der Waals surface area (Å²) in [7, 11) is 0. The molecule has 0 aromatic rings. The summed E-state index contributed by atoms with van der Waals surface area (Å²) in [5.41, 5.74) is -0.867. The number of aldehydes is 1. The molecule has 0 saturated heterocycles. The fourth-order valence-corrected chi connectivity index (χ4v) is 1.93. The van der Waals surface area contributed by atoms with E-state index in [4.69, 9.17) is 4.74 Å². The molecule has 94 valence electrons. The first-order valence-electron chi connectivity index (χ1n) is 6.26. The van der Waals surface area contributed by atoms with Gasteiger partial charge in [0.15, 0.2) is 11.9 Å². The summed E-state index contributed by atoms with van der Waals surface area (Å²) >= 11 is 0. The third-order valence-electron chi connectivity index (χ3n) is 2.69. The van der Waals surface area contributed by atoms with E-state index < -0.39 is 5.60 Å². The molecule has 16 heavy (non-hydrogen) atoms. The molecule has 3 heteroatoms. The summed E-state index contributed by atoms with van der Waals surface area (Å²) < 4.78 is 5.20. The van der Waals surface area contributed by atoms with Crippen molar-refractivity contribution in [3.63, 3.8) is 0 Å². The Hall–Kier alpha value is -0.860. The van der Waals surface area contributed by atoms with E-state index in [1.807, 2.05) is 6.92 Å². The maximum Gasteiger partial charge on any atom is 0.303 e. The molecule has 0 aromatic carbocycles. The maximum atomic E-state index is 11.1. The van der Waals surface area contributed by atoms with E-state index in [1.165, 1.54) is 13.3 Å². The fourth-order valence-electron chi connectivity index (χ4n) is 1.93. The van der Waals surface area contributed by atoms with Crippen LogP contribution < -0.4 is 0 Å². The maximum absolute atomic E-state index is 11.1. The number of rotatable bonds is 9. The van der Waals surface area contributed by atoms with E-state index in [-0.39, 0.29) is 5.97 Å². The summed E-state index contributed by atoms with van der Waals surface area (Å²) in [6.45, 7) is 5.50. The summed E-state index contributed by atoms with van der Waals surface area (Å²) in [5, 5.41) is 0. The topological polar surface area (TPSA) is 43.4 Å². The molecule has 0 spiro atoms. The number of carbonyl (C=O) groups excluding carboxylic acids is 2. The first-order chi connectivity index (χ1) is 7.60. The fraction of sp³-hybridized carbons (Fsp3) is 0.846. The molecule has 0 saturated carbocycles. The Morgan fingerprint density at radius 3 is 2.25 bits per heavy atom. The lowest BCUT2D eigenvalue weighted by Crippen LogP contribution is -2.36. The van der Waals surface area contributed by atoms with E-state index in [2.05, 4.69) is 6.92 Å². The Balaban J connectivity index is 4.26. The predicted octanol–water partition coefficient (Wildman–Crippen LogP) is 3.26. The number of unbranched alkanes of at least 4 members (excludes halogenated alkanes) is 3. The van der Waals surface area contributed by atoms with Gasteiger partial charge in [-0.2, -0.15) is 0 Å². The third kappa shape index (κ3) is 5.89. The van der Waals surface area contributed by atoms with Gasteiger partial charge in [0.05, 0.1) is 0 Å². The van der Waals surface area contributed by atoms with Crippen LogP contribution in [0.3, 0.4) is 0 Å². The van der Waals surface area contributed by atoms with Crippen LogP contribution in [0.15, 0.2) is 0 Å². The minimum absolute atomic E-state index is 0.365. The van der Waals surface area contributed by atoms with Crippen LogP contribution in [-0.2, 0) is 14.3 Å². The van der Waals surface area contributed by atoms with Gasteiger partial charge in [-0.15, -0.1) is 0 Å². The molecule has 0 aromatic heterocycles. The van der Waals surface area contributed by atoms with Gasteiger partial charge in [-0.05, 0) is 19.3 Å². The Morgan fingerprint density at radius 2 is 1.81 bits per heavy atom. The zero-order valence-corrected chi connectivity index (χ0v) is 10.8. The van der Waals surface area contributed by atoms with Crippen molar-refractivity contribution in [3.8, 4) is 0 Å². The second kappa shape index (κ2) is 8.31. The molecule has 1 unspecified atom stereocenters. The van der Waals surface area contributed by atoms with Gasteiger partial charge < -0.3 is 4.74 Å². The third-order valence-corrected chi connectivity index (χ3v) is 2.69. The number of carbonyl (C=O) groups is 2. The van der Waals surface area contributed by atoms with Crippen molar-refractivity contribution in [3.05, 3.63) is 0 Å². The predicted molar refractivity (Wildman–Crippen MR) is 64.2 cm³/mol. The van der Waals surface area contributed by atoms with Gasteiger partial charge in [-0.3, -0.25) is 9.59 Å². The second-order valence-corrected chi connectivity index (χ2v) is 4.34. The molecular formula is C13H24O3. The smallest absolute Gasteiger partial charge is 0.303 e. The van der Waals surface area contributed by atoms with Crippen LogP contribution in [0.2, 0.25) is 0 Å². The standard InChI is InChI=1S/C13H24O3/c1-4-6-7-8-10-13(11-14,9-5-2)16-12(3)15/h11H,4-10H2,1-3H3. The molecule has 0 aliphatic heterocycles. The van der Waals surface area contributed by atoms with Gasteiger partial charge in [0, 0.05) is 6.92 Å². The second-order valence-electron chi connectivity index (χ2n) is 4.34. The minimum atomic E-state index is -0.867. The number of hydrogen-bond acceptors (Lipinski definition) is 3. The van der Waals surface area contributed by atoms with Gasteiger partial charge in [-0.25, -0.2) is 0 Å². The van der Waals surface area contributed by atoms with E-state index in [0.717, 1.165) is 32.0 Å². The number of esters is 1. The van der Waals surface area contributed by atoms with Gasteiger partial charge in [0.25, 0.3) is 0 Å². The summed E-state index contributed by atoms with van der Waals surface area (Å²) in [5.74, 6) is -0.365. The quantitative estimate of drug-likeness (QED) is 0.345. The van der Waals surface area contributed by atoms with Gasteiger partial charge >= 0.3 is 5.97 Å². The van der Waals surface area contributed by atoms with E-state index in [0.29, 0.717) is 12.8 Å². The van der Waals surface area contributed by atoms with Gasteiger partial charge in [-0.1, -0.05) is 39.5 Å². The highest BCUT2D eigenvalue weighted by molar-refractivity contribution is 5.72. The summed E-state index contributed by atoms with van der Waals surface area (Å²) in [6, 6.07) is 0. The van der Waals surface area contributed by atoms with E-state index >= 15 is 0 Å². The monoisotopic (exact) mass is 228 g/mol. The Labute approximate surface area is 98.6 Å². The van der Waals surface area contributed by atoms with Crippen LogP contribution in [0.5, 0.6) is 0 Å². The first-order valence-corrected chi connectivity index (χ1v) is 6.26. The van der Waals surface area contributed by atoms with Crippen molar-refractivity contribution in [2.45, 2.75) is 71.3 Å². The highest BCUT2D eigenvalue weighted by Crippen LogP contribution is 2.24. The average Bonchev–Trinajstić information content (AvgIpc) is 2.24. The first kappa shape index (κ1) is 15.1. The lowest BCUT2D eigenvalue weighted by molar-refractivity contribution is -0.162. The van der Waals surface area contributed by atoms with Gasteiger partial charge in [0.1, 0.15) is 0 Å². The molecule has 3 nitrogen and oxygen atoms in total. The van der Waals surface area contributed by atoms with Crippen molar-refractivity contribution in [1.29, 1.82) is 0 Å². The molecule has 0 aliphatic carbocycles. The minimum Gasteiger partial charge on any atom is -0.452 e. The highest BCUT2D eigenvalue weighted by atomic mass is 16.6. The van der Waals surface area contributed by atoms with E-state index in [9.17, 15) is 9.59 Å². The molecule has 0 fully saturated rings. The summed E-state index contributed by atoms with van der Waals surface area (Å²) in [6.07, 6.45) is 7.31. The van der Waals surface area contributed by atoms with Crippen molar-refractivity contribution >= 4 is 12.3 Å². The van der Waals surface area contributed by atoms with Gasteiger partial charge in [0.2, 0.25) is 0 Å². The van der Waals surface area contributed by atoms with Crippen molar-refractivity contribution in [2.24, 2.45) is 0 Å². The Bertz CT molecular complexity index is 213. The number of ether oxygens (including phenoxy) is 1. The van der Waals surface area contributed by atoms with Crippen LogP contribution in [0.25, 0.3) is 0 Å². The zero-order chi connectivity index (χ0) is 12.4. The highest BCUT2D eigenvalue weighted by Gasteiger charge is 2.31. The molecule has 0 bridgehead atoms. The summed E-state index contributed by atoms with van der Waals surface area (Å²) in [4.78, 5) is 22.1. The van der Waals surface area contributed by atoms with Crippen LogP contribution in [0.1, 0.15) is 65.7 Å².